The molecule has 0 amide bonds. The van der Waals surface area contributed by atoms with Gasteiger partial charge in [-0.1, -0.05) is 0 Å². The fraction of sp³-hybridized carbons (Fsp3) is 0.368. The molecule has 2 aromatic heterocycles. The van der Waals surface area contributed by atoms with E-state index >= 15 is 0 Å². The Balaban J connectivity index is 1.72. The maximum atomic E-state index is 5.66. The van der Waals surface area contributed by atoms with Crippen LogP contribution < -0.4 is 14.4 Å². The van der Waals surface area contributed by atoms with Gasteiger partial charge in [0.1, 0.15) is 17.3 Å². The molecule has 0 saturated carbocycles. The van der Waals surface area contributed by atoms with Gasteiger partial charge in [0.25, 0.3) is 0 Å². The highest BCUT2D eigenvalue weighted by Gasteiger charge is 2.17. The van der Waals surface area contributed by atoms with Crippen LogP contribution in [0.2, 0.25) is 0 Å². The summed E-state index contributed by atoms with van der Waals surface area (Å²) in [6.45, 7) is 7.32. The molecule has 130 valence electrons. The van der Waals surface area contributed by atoms with Crippen molar-refractivity contribution >= 4 is 11.6 Å². The average Bonchev–Trinajstić information content (AvgIpc) is 2.97. The number of aromatic nitrogens is 3. The van der Waals surface area contributed by atoms with Crippen molar-refractivity contribution in [3.63, 3.8) is 0 Å². The van der Waals surface area contributed by atoms with E-state index in [2.05, 4.69) is 9.88 Å². The Bertz CT molecular complexity index is 862. The van der Waals surface area contributed by atoms with Crippen LogP contribution >= 0.6 is 0 Å². The van der Waals surface area contributed by atoms with Crippen molar-refractivity contribution in [2.45, 2.75) is 20.3 Å². The van der Waals surface area contributed by atoms with Crippen LogP contribution in [-0.2, 0) is 0 Å². The number of ether oxygens (including phenoxy) is 2. The van der Waals surface area contributed by atoms with E-state index < -0.39 is 0 Å². The van der Waals surface area contributed by atoms with Crippen LogP contribution in [0.4, 0.5) is 5.82 Å². The van der Waals surface area contributed by atoms with Crippen molar-refractivity contribution in [1.82, 2.24) is 14.4 Å². The molecule has 1 saturated heterocycles. The van der Waals surface area contributed by atoms with Gasteiger partial charge in [0.2, 0.25) is 5.78 Å². The number of fused-ring (bicyclic) bond motifs is 1. The molecule has 1 aromatic carbocycles. The number of hydrogen-bond acceptors (Lipinski definition) is 5. The molecule has 0 N–H and O–H groups in total. The summed E-state index contributed by atoms with van der Waals surface area (Å²) in [7, 11) is 0. The first-order valence-corrected chi connectivity index (χ1v) is 8.78. The van der Waals surface area contributed by atoms with Crippen LogP contribution in [-0.4, -0.2) is 40.7 Å². The highest BCUT2D eigenvalue weighted by molar-refractivity contribution is 5.66. The maximum absolute atomic E-state index is 5.66. The summed E-state index contributed by atoms with van der Waals surface area (Å²) < 4.78 is 13.3. The molecule has 0 aliphatic carbocycles. The minimum atomic E-state index is 0.612. The monoisotopic (exact) mass is 338 g/mol. The van der Waals surface area contributed by atoms with Gasteiger partial charge in [-0.25, -0.2) is 4.98 Å². The second-order valence-corrected chi connectivity index (χ2v) is 6.02. The number of anilines is 1. The molecule has 0 unspecified atom stereocenters. The zero-order valence-electron chi connectivity index (χ0n) is 14.6. The molecule has 0 bridgehead atoms. The summed E-state index contributed by atoms with van der Waals surface area (Å²) in [5.74, 6) is 3.28. The zero-order chi connectivity index (χ0) is 17.2. The lowest BCUT2D eigenvalue weighted by atomic mass is 10.1. The minimum Gasteiger partial charge on any atom is -0.494 e. The molecule has 3 aromatic rings. The van der Waals surface area contributed by atoms with Crippen LogP contribution in [0.25, 0.3) is 17.0 Å². The topological polar surface area (TPSA) is 51.9 Å². The molecule has 1 aliphatic heterocycles. The van der Waals surface area contributed by atoms with E-state index in [-0.39, 0.29) is 0 Å². The van der Waals surface area contributed by atoms with Gasteiger partial charge in [-0.3, -0.25) is 4.40 Å². The Morgan fingerprint density at radius 3 is 2.32 bits per heavy atom. The lowest BCUT2D eigenvalue weighted by Gasteiger charge is -2.31. The van der Waals surface area contributed by atoms with Gasteiger partial charge in [-0.15, -0.1) is 0 Å². The van der Waals surface area contributed by atoms with Crippen molar-refractivity contribution in [3.8, 4) is 22.8 Å². The largest absolute Gasteiger partial charge is 0.494 e. The number of rotatable bonds is 6. The smallest absolute Gasteiger partial charge is 0.236 e. The van der Waals surface area contributed by atoms with Crippen LogP contribution in [0, 0.1) is 0 Å². The molecule has 25 heavy (non-hydrogen) atoms. The minimum absolute atomic E-state index is 0.612. The van der Waals surface area contributed by atoms with E-state index in [0.717, 1.165) is 41.7 Å². The Morgan fingerprint density at radius 2 is 1.72 bits per heavy atom. The summed E-state index contributed by atoms with van der Waals surface area (Å²) in [6.07, 6.45) is 5.24. The van der Waals surface area contributed by atoms with E-state index in [1.54, 1.807) is 0 Å². The first kappa shape index (κ1) is 15.7. The Hall–Kier alpha value is -2.76. The van der Waals surface area contributed by atoms with E-state index in [1.165, 1.54) is 6.42 Å². The van der Waals surface area contributed by atoms with Crippen molar-refractivity contribution in [1.29, 1.82) is 0 Å². The molecule has 6 heteroatoms. The van der Waals surface area contributed by atoms with E-state index in [0.29, 0.717) is 19.0 Å². The van der Waals surface area contributed by atoms with Crippen molar-refractivity contribution in [2.24, 2.45) is 0 Å². The van der Waals surface area contributed by atoms with E-state index in [1.807, 2.05) is 54.9 Å². The molecule has 6 nitrogen and oxygen atoms in total. The second-order valence-electron chi connectivity index (χ2n) is 6.02. The maximum Gasteiger partial charge on any atom is 0.236 e. The van der Waals surface area contributed by atoms with Crippen LogP contribution in [0.1, 0.15) is 20.3 Å². The lowest BCUT2D eigenvalue weighted by Crippen LogP contribution is -2.37. The highest BCUT2D eigenvalue weighted by atomic mass is 16.5. The third-order valence-electron chi connectivity index (χ3n) is 4.29. The second kappa shape index (κ2) is 6.63. The van der Waals surface area contributed by atoms with Crippen LogP contribution in [0.15, 0.2) is 36.7 Å². The third kappa shape index (κ3) is 3.12. The Morgan fingerprint density at radius 1 is 1.00 bits per heavy atom. The predicted octanol–water partition coefficient (Wildman–Crippen LogP) is 3.40. The molecule has 4 rings (SSSR count). The Kier molecular flexibility index (Phi) is 4.17. The number of nitrogens with zero attached hydrogens (tertiary/aromatic N) is 4. The first-order chi connectivity index (χ1) is 12.3. The molecule has 1 fully saturated rings. The van der Waals surface area contributed by atoms with Gasteiger partial charge in [0.15, 0.2) is 0 Å². The van der Waals surface area contributed by atoms with Crippen molar-refractivity contribution < 1.29 is 9.47 Å². The average molecular weight is 338 g/mol. The summed E-state index contributed by atoms with van der Waals surface area (Å²) >= 11 is 0. The fourth-order valence-corrected chi connectivity index (χ4v) is 2.94. The van der Waals surface area contributed by atoms with E-state index in [9.17, 15) is 0 Å². The molecule has 3 heterocycles. The summed E-state index contributed by atoms with van der Waals surface area (Å²) in [5, 5.41) is 0. The van der Waals surface area contributed by atoms with Gasteiger partial charge < -0.3 is 14.4 Å². The van der Waals surface area contributed by atoms with Crippen molar-refractivity contribution in [2.75, 3.05) is 31.2 Å². The Labute approximate surface area is 147 Å². The van der Waals surface area contributed by atoms with Gasteiger partial charge >= 0.3 is 0 Å². The predicted molar refractivity (Wildman–Crippen MR) is 97.6 cm³/mol. The van der Waals surface area contributed by atoms with E-state index in [4.69, 9.17) is 14.5 Å². The quantitative estimate of drug-likeness (QED) is 0.689. The number of benzene rings is 1. The van der Waals surface area contributed by atoms with Crippen LogP contribution in [0.3, 0.4) is 0 Å². The molecular formula is C19H22N4O2. The van der Waals surface area contributed by atoms with Gasteiger partial charge in [0.05, 0.1) is 18.9 Å². The van der Waals surface area contributed by atoms with Crippen molar-refractivity contribution in [3.05, 3.63) is 36.7 Å². The molecule has 0 atom stereocenters. The standard InChI is InChI=1S/C19H22N4O2/c1-3-24-15-10-14(11-16(12-15)25-4-2)17-13-23-9-6-18(21-19(23)20-17)22-7-5-8-22/h6,9-13H,3-5,7-8H2,1-2H3. The molecule has 0 spiro atoms. The van der Waals surface area contributed by atoms with Gasteiger partial charge in [-0.2, -0.15) is 4.98 Å². The normalized spacial score (nSPS) is 13.8. The number of hydrogen-bond donors (Lipinski definition) is 0. The lowest BCUT2D eigenvalue weighted by molar-refractivity contribution is 0.323. The third-order valence-corrected chi connectivity index (χ3v) is 4.29. The molecule has 0 radical (unpaired) electrons. The molecular weight excluding hydrogens is 316 g/mol. The van der Waals surface area contributed by atoms with Gasteiger partial charge in [0, 0.05) is 37.1 Å². The summed E-state index contributed by atoms with van der Waals surface area (Å²) in [6, 6.07) is 7.93. The molecule has 1 aliphatic rings. The highest BCUT2D eigenvalue weighted by Crippen LogP contribution is 2.30. The fourth-order valence-electron chi connectivity index (χ4n) is 2.94. The first-order valence-electron chi connectivity index (χ1n) is 8.78. The summed E-state index contributed by atoms with van der Waals surface area (Å²) in [5.41, 5.74) is 1.82. The van der Waals surface area contributed by atoms with Gasteiger partial charge in [-0.05, 0) is 38.5 Å². The summed E-state index contributed by atoms with van der Waals surface area (Å²) in [4.78, 5) is 11.6. The zero-order valence-corrected chi connectivity index (χ0v) is 14.6. The SMILES string of the molecule is CCOc1cc(OCC)cc(-c2cn3ccc(N4CCC4)nc3n2)c1. The number of imidazole rings is 1. The van der Waals surface area contributed by atoms with Crippen LogP contribution in [0.5, 0.6) is 11.5 Å².